The first-order chi connectivity index (χ1) is 9.85. The molecule has 0 aliphatic heterocycles. The largest absolute Gasteiger partial charge is 0.497 e. The van der Waals surface area contributed by atoms with Gasteiger partial charge in [-0.05, 0) is 31.0 Å². The SMILES string of the molecule is COc1ccc(OCc2ncon2)c(CNC2CC2)c1. The van der Waals surface area contributed by atoms with Crippen LogP contribution in [0.25, 0.3) is 0 Å². The second-order valence-corrected chi connectivity index (χ2v) is 4.76. The van der Waals surface area contributed by atoms with E-state index in [9.17, 15) is 0 Å². The fraction of sp³-hybridized carbons (Fsp3) is 0.429. The molecule has 1 aromatic carbocycles. The minimum Gasteiger partial charge on any atom is -0.497 e. The lowest BCUT2D eigenvalue weighted by molar-refractivity contribution is 0.282. The number of hydrogen-bond donors (Lipinski definition) is 1. The van der Waals surface area contributed by atoms with E-state index in [1.54, 1.807) is 7.11 Å². The highest BCUT2D eigenvalue weighted by molar-refractivity contribution is 5.40. The van der Waals surface area contributed by atoms with Gasteiger partial charge in [-0.1, -0.05) is 5.16 Å². The number of methoxy groups -OCH3 is 1. The zero-order valence-electron chi connectivity index (χ0n) is 11.3. The lowest BCUT2D eigenvalue weighted by atomic mass is 10.2. The molecule has 0 spiro atoms. The predicted molar refractivity (Wildman–Crippen MR) is 71.5 cm³/mol. The highest BCUT2D eigenvalue weighted by atomic mass is 16.5. The summed E-state index contributed by atoms with van der Waals surface area (Å²) in [5.41, 5.74) is 1.07. The minimum absolute atomic E-state index is 0.291. The first-order valence-electron chi connectivity index (χ1n) is 6.63. The summed E-state index contributed by atoms with van der Waals surface area (Å²) in [7, 11) is 1.66. The summed E-state index contributed by atoms with van der Waals surface area (Å²) >= 11 is 0. The van der Waals surface area contributed by atoms with Crippen molar-refractivity contribution in [1.29, 1.82) is 0 Å². The van der Waals surface area contributed by atoms with Crippen molar-refractivity contribution in [2.75, 3.05) is 7.11 Å². The van der Waals surface area contributed by atoms with Crippen molar-refractivity contribution in [3.05, 3.63) is 36.0 Å². The molecule has 0 amide bonds. The maximum Gasteiger partial charge on any atom is 0.213 e. The maximum atomic E-state index is 5.75. The summed E-state index contributed by atoms with van der Waals surface area (Å²) in [4.78, 5) is 3.94. The number of aromatic nitrogens is 2. The molecule has 20 heavy (non-hydrogen) atoms. The van der Waals surface area contributed by atoms with Crippen LogP contribution in [0.3, 0.4) is 0 Å². The third-order valence-corrected chi connectivity index (χ3v) is 3.19. The van der Waals surface area contributed by atoms with Crippen LogP contribution in [0, 0.1) is 0 Å². The van der Waals surface area contributed by atoms with Gasteiger partial charge in [0, 0.05) is 18.2 Å². The third kappa shape index (κ3) is 3.27. The van der Waals surface area contributed by atoms with Crippen LogP contribution in [0.4, 0.5) is 0 Å². The lowest BCUT2D eigenvalue weighted by Gasteiger charge is -2.12. The molecule has 1 aliphatic carbocycles. The molecule has 1 aromatic heterocycles. The molecule has 1 fully saturated rings. The van der Waals surface area contributed by atoms with Gasteiger partial charge in [-0.15, -0.1) is 0 Å². The Balaban J connectivity index is 1.69. The monoisotopic (exact) mass is 275 g/mol. The summed E-state index contributed by atoms with van der Waals surface area (Å²) in [6, 6.07) is 6.42. The molecule has 1 N–H and O–H groups in total. The van der Waals surface area contributed by atoms with Crippen LogP contribution in [0.2, 0.25) is 0 Å². The van der Waals surface area contributed by atoms with Gasteiger partial charge in [0.2, 0.25) is 12.2 Å². The molecule has 1 heterocycles. The minimum atomic E-state index is 0.291. The summed E-state index contributed by atoms with van der Waals surface area (Å²) in [6.07, 6.45) is 3.80. The van der Waals surface area contributed by atoms with E-state index in [2.05, 4.69) is 20.0 Å². The topological polar surface area (TPSA) is 69.4 Å². The maximum absolute atomic E-state index is 5.75. The molecular formula is C14H17N3O3. The Morgan fingerprint density at radius 2 is 2.30 bits per heavy atom. The van der Waals surface area contributed by atoms with E-state index >= 15 is 0 Å². The van der Waals surface area contributed by atoms with Crippen molar-refractivity contribution in [3.63, 3.8) is 0 Å². The van der Waals surface area contributed by atoms with E-state index < -0.39 is 0 Å². The molecule has 0 bridgehead atoms. The molecule has 1 aliphatic rings. The Morgan fingerprint density at radius 1 is 1.40 bits per heavy atom. The molecule has 0 unspecified atom stereocenters. The Bertz CT molecular complexity index is 553. The molecule has 6 heteroatoms. The zero-order chi connectivity index (χ0) is 13.8. The van der Waals surface area contributed by atoms with E-state index in [0.29, 0.717) is 18.5 Å². The summed E-state index contributed by atoms with van der Waals surface area (Å²) in [5, 5.41) is 7.20. The zero-order valence-corrected chi connectivity index (χ0v) is 11.3. The van der Waals surface area contributed by atoms with Crippen LogP contribution in [0.5, 0.6) is 11.5 Å². The molecule has 3 rings (SSSR count). The van der Waals surface area contributed by atoms with Gasteiger partial charge in [-0.3, -0.25) is 0 Å². The first-order valence-corrected chi connectivity index (χ1v) is 6.63. The third-order valence-electron chi connectivity index (χ3n) is 3.19. The van der Waals surface area contributed by atoms with Gasteiger partial charge in [-0.25, -0.2) is 0 Å². The van der Waals surface area contributed by atoms with E-state index in [1.165, 1.54) is 19.2 Å². The van der Waals surface area contributed by atoms with Crippen molar-refractivity contribution in [3.8, 4) is 11.5 Å². The fourth-order valence-corrected chi connectivity index (χ4v) is 1.90. The van der Waals surface area contributed by atoms with Gasteiger partial charge in [0.25, 0.3) is 0 Å². The average Bonchev–Trinajstić information content (AvgIpc) is 3.17. The Hall–Kier alpha value is -2.08. The van der Waals surface area contributed by atoms with Gasteiger partial charge >= 0.3 is 0 Å². The van der Waals surface area contributed by atoms with Crippen molar-refractivity contribution < 1.29 is 14.0 Å². The van der Waals surface area contributed by atoms with Gasteiger partial charge in [0.1, 0.15) is 11.5 Å². The van der Waals surface area contributed by atoms with E-state index in [1.807, 2.05) is 18.2 Å². The molecule has 1 saturated carbocycles. The van der Waals surface area contributed by atoms with Crippen LogP contribution >= 0.6 is 0 Å². The highest BCUT2D eigenvalue weighted by Crippen LogP contribution is 2.26. The number of nitrogens with zero attached hydrogens (tertiary/aromatic N) is 2. The quantitative estimate of drug-likeness (QED) is 0.832. The normalized spacial score (nSPS) is 14.2. The number of rotatable bonds is 7. The molecule has 0 radical (unpaired) electrons. The lowest BCUT2D eigenvalue weighted by Crippen LogP contribution is -2.16. The number of nitrogens with one attached hydrogen (secondary N) is 1. The average molecular weight is 275 g/mol. The van der Waals surface area contributed by atoms with Gasteiger partial charge in [0.15, 0.2) is 6.61 Å². The number of ether oxygens (including phenoxy) is 2. The van der Waals surface area contributed by atoms with Gasteiger partial charge < -0.3 is 19.3 Å². The Kier molecular flexibility index (Phi) is 3.83. The standard InChI is InChI=1S/C14H17N3O3/c1-18-12-4-5-13(19-8-14-16-9-20-17-14)10(6-12)7-15-11-2-3-11/h4-6,9,11,15H,2-3,7-8H2,1H3. The van der Waals surface area contributed by atoms with Crippen LogP contribution in [-0.2, 0) is 13.2 Å². The van der Waals surface area contributed by atoms with E-state index in [0.717, 1.165) is 23.6 Å². The Morgan fingerprint density at radius 3 is 3.00 bits per heavy atom. The molecular weight excluding hydrogens is 258 g/mol. The van der Waals surface area contributed by atoms with E-state index in [4.69, 9.17) is 9.47 Å². The fourth-order valence-electron chi connectivity index (χ4n) is 1.90. The van der Waals surface area contributed by atoms with Crippen molar-refractivity contribution in [2.45, 2.75) is 32.0 Å². The van der Waals surface area contributed by atoms with Crippen LogP contribution in [0.1, 0.15) is 24.2 Å². The molecule has 106 valence electrons. The van der Waals surface area contributed by atoms with Crippen molar-refractivity contribution in [2.24, 2.45) is 0 Å². The van der Waals surface area contributed by atoms with Crippen molar-refractivity contribution >= 4 is 0 Å². The first kappa shape index (κ1) is 12.9. The van der Waals surface area contributed by atoms with Crippen LogP contribution < -0.4 is 14.8 Å². The molecule has 2 aromatic rings. The highest BCUT2D eigenvalue weighted by Gasteiger charge is 2.20. The number of benzene rings is 1. The smallest absolute Gasteiger partial charge is 0.213 e. The second kappa shape index (κ2) is 5.92. The van der Waals surface area contributed by atoms with Crippen LogP contribution in [0.15, 0.2) is 29.1 Å². The molecule has 6 nitrogen and oxygen atoms in total. The molecule has 0 saturated heterocycles. The van der Waals surface area contributed by atoms with Gasteiger partial charge in [-0.2, -0.15) is 4.98 Å². The summed E-state index contributed by atoms with van der Waals surface area (Å²) in [6.45, 7) is 1.06. The van der Waals surface area contributed by atoms with Crippen LogP contribution in [-0.4, -0.2) is 23.3 Å². The predicted octanol–water partition coefficient (Wildman–Crippen LogP) is 1.91. The summed E-state index contributed by atoms with van der Waals surface area (Å²) in [5.74, 6) is 2.16. The molecule has 0 atom stereocenters. The van der Waals surface area contributed by atoms with E-state index in [-0.39, 0.29) is 0 Å². The van der Waals surface area contributed by atoms with Crippen molar-refractivity contribution in [1.82, 2.24) is 15.5 Å². The second-order valence-electron chi connectivity index (χ2n) is 4.76. The van der Waals surface area contributed by atoms with Gasteiger partial charge in [0.05, 0.1) is 7.11 Å². The number of hydrogen-bond acceptors (Lipinski definition) is 6. The Labute approximate surface area is 117 Å². The summed E-state index contributed by atoms with van der Waals surface area (Å²) < 4.78 is 15.7.